The third-order valence-corrected chi connectivity index (χ3v) is 6.13. The molecule has 7 heteroatoms. The summed E-state index contributed by atoms with van der Waals surface area (Å²) in [6.45, 7) is 1.88. The van der Waals surface area contributed by atoms with Crippen molar-refractivity contribution in [3.8, 4) is 0 Å². The van der Waals surface area contributed by atoms with Gasteiger partial charge in [0.1, 0.15) is 5.82 Å². The van der Waals surface area contributed by atoms with E-state index >= 15 is 0 Å². The monoisotopic (exact) mass is 311 g/mol. The molecule has 2 aromatic heterocycles. The summed E-state index contributed by atoms with van der Waals surface area (Å²) >= 11 is 1.55. The van der Waals surface area contributed by atoms with E-state index in [0.29, 0.717) is 5.82 Å². The fourth-order valence-electron chi connectivity index (χ4n) is 1.79. The second kappa shape index (κ2) is 5.90. The van der Waals surface area contributed by atoms with Crippen molar-refractivity contribution < 1.29 is 8.42 Å². The molecule has 0 aliphatic carbocycles. The number of thiophene rings is 1. The van der Waals surface area contributed by atoms with E-state index in [-0.39, 0.29) is 10.9 Å². The van der Waals surface area contributed by atoms with Crippen LogP contribution in [0.25, 0.3) is 0 Å². The lowest BCUT2D eigenvalue weighted by Gasteiger charge is -2.23. The third-order valence-electron chi connectivity index (χ3n) is 3.16. The van der Waals surface area contributed by atoms with Gasteiger partial charge in [0, 0.05) is 31.2 Å². The number of rotatable bonds is 5. The van der Waals surface area contributed by atoms with Crippen molar-refractivity contribution in [1.29, 1.82) is 0 Å². The lowest BCUT2D eigenvalue weighted by molar-refractivity contribution is 0.403. The highest BCUT2D eigenvalue weighted by Gasteiger charge is 2.27. The molecule has 0 amide bonds. The molecule has 0 fully saturated rings. The Kier molecular flexibility index (Phi) is 4.42. The highest BCUT2D eigenvalue weighted by molar-refractivity contribution is 7.89. The van der Waals surface area contributed by atoms with Gasteiger partial charge < -0.3 is 5.32 Å². The van der Waals surface area contributed by atoms with Crippen LogP contribution in [0.3, 0.4) is 0 Å². The zero-order valence-electron chi connectivity index (χ0n) is 11.6. The van der Waals surface area contributed by atoms with Crippen LogP contribution in [-0.4, -0.2) is 31.8 Å². The van der Waals surface area contributed by atoms with Crippen molar-refractivity contribution in [3.63, 3.8) is 0 Å². The van der Waals surface area contributed by atoms with Gasteiger partial charge in [-0.15, -0.1) is 11.3 Å². The lowest BCUT2D eigenvalue weighted by atomic mass is 10.3. The molecule has 1 atom stereocenters. The van der Waals surface area contributed by atoms with Gasteiger partial charge in [0.25, 0.3) is 0 Å². The van der Waals surface area contributed by atoms with Gasteiger partial charge in [-0.3, -0.25) is 0 Å². The van der Waals surface area contributed by atoms with Crippen molar-refractivity contribution >= 4 is 27.2 Å². The molecule has 1 unspecified atom stereocenters. The molecule has 0 aliphatic rings. The summed E-state index contributed by atoms with van der Waals surface area (Å²) in [5, 5.41) is 4.79. The van der Waals surface area contributed by atoms with Crippen LogP contribution in [0.1, 0.15) is 17.8 Å². The van der Waals surface area contributed by atoms with E-state index in [9.17, 15) is 8.42 Å². The Labute approximate surface area is 123 Å². The van der Waals surface area contributed by atoms with Gasteiger partial charge >= 0.3 is 0 Å². The van der Waals surface area contributed by atoms with Gasteiger partial charge in [-0.05, 0) is 24.4 Å². The van der Waals surface area contributed by atoms with Gasteiger partial charge in [-0.1, -0.05) is 6.07 Å². The first-order chi connectivity index (χ1) is 9.46. The highest BCUT2D eigenvalue weighted by atomic mass is 32.2. The average molecular weight is 311 g/mol. The molecule has 0 saturated heterocycles. The van der Waals surface area contributed by atoms with E-state index in [1.165, 1.54) is 22.6 Å². The zero-order valence-corrected chi connectivity index (χ0v) is 13.2. The van der Waals surface area contributed by atoms with E-state index in [0.717, 1.165) is 4.88 Å². The van der Waals surface area contributed by atoms with E-state index in [1.54, 1.807) is 25.4 Å². The summed E-state index contributed by atoms with van der Waals surface area (Å²) in [6, 6.07) is 6.70. The maximum atomic E-state index is 12.6. The summed E-state index contributed by atoms with van der Waals surface area (Å²) in [4.78, 5) is 5.29. The quantitative estimate of drug-likeness (QED) is 0.922. The second-order valence-electron chi connectivity index (χ2n) is 4.34. The van der Waals surface area contributed by atoms with Crippen LogP contribution in [0.5, 0.6) is 0 Å². The van der Waals surface area contributed by atoms with Crippen LogP contribution in [0.4, 0.5) is 5.82 Å². The number of pyridine rings is 1. The van der Waals surface area contributed by atoms with Crippen molar-refractivity contribution in [3.05, 3.63) is 40.7 Å². The Morgan fingerprint density at radius 3 is 2.75 bits per heavy atom. The molecule has 0 radical (unpaired) electrons. The Morgan fingerprint density at radius 1 is 1.40 bits per heavy atom. The van der Waals surface area contributed by atoms with Crippen molar-refractivity contribution in [2.24, 2.45) is 0 Å². The van der Waals surface area contributed by atoms with E-state index in [4.69, 9.17) is 0 Å². The summed E-state index contributed by atoms with van der Waals surface area (Å²) < 4.78 is 26.6. The molecule has 0 bridgehead atoms. The first kappa shape index (κ1) is 15.0. The maximum Gasteiger partial charge on any atom is 0.243 e. The molecule has 0 spiro atoms. The number of anilines is 1. The number of nitrogens with zero attached hydrogens (tertiary/aromatic N) is 2. The molecule has 108 valence electrons. The highest BCUT2D eigenvalue weighted by Crippen LogP contribution is 2.28. The molecule has 0 aliphatic heterocycles. The molecule has 2 aromatic rings. The van der Waals surface area contributed by atoms with Crippen molar-refractivity contribution in [2.75, 3.05) is 19.4 Å². The number of hydrogen-bond donors (Lipinski definition) is 1. The number of hydrogen-bond acceptors (Lipinski definition) is 5. The minimum absolute atomic E-state index is 0.203. The standard InChI is InChI=1S/C13H17N3O2S2/c1-10(12-5-4-8-19-12)16(3)20(17,18)11-6-7-15-13(9-11)14-2/h4-10H,1-3H3,(H,14,15). The lowest BCUT2D eigenvalue weighted by Crippen LogP contribution is -2.29. The molecule has 20 heavy (non-hydrogen) atoms. The largest absolute Gasteiger partial charge is 0.373 e. The predicted molar refractivity (Wildman–Crippen MR) is 81.5 cm³/mol. The Hall–Kier alpha value is -1.44. The molecule has 0 saturated carbocycles. The van der Waals surface area contributed by atoms with Gasteiger partial charge in [0.05, 0.1) is 10.9 Å². The smallest absolute Gasteiger partial charge is 0.243 e. The minimum Gasteiger partial charge on any atom is -0.373 e. The maximum absolute atomic E-state index is 12.6. The van der Waals surface area contributed by atoms with Crippen LogP contribution >= 0.6 is 11.3 Å². The Balaban J connectivity index is 2.34. The molecule has 2 rings (SSSR count). The molecule has 5 nitrogen and oxygen atoms in total. The van der Waals surface area contributed by atoms with Gasteiger partial charge in [0.2, 0.25) is 10.0 Å². The SMILES string of the molecule is CNc1cc(S(=O)(=O)N(C)C(C)c2cccs2)ccn1. The Morgan fingerprint density at radius 2 is 2.15 bits per heavy atom. The number of nitrogens with one attached hydrogen (secondary N) is 1. The molecule has 0 aromatic carbocycles. The van der Waals surface area contributed by atoms with Crippen molar-refractivity contribution in [2.45, 2.75) is 17.9 Å². The molecule has 1 N–H and O–H groups in total. The normalized spacial score (nSPS) is 13.4. The Bertz CT molecular complexity index is 669. The first-order valence-electron chi connectivity index (χ1n) is 6.12. The topological polar surface area (TPSA) is 62.3 Å². The average Bonchev–Trinajstić information content (AvgIpc) is 3.00. The van der Waals surface area contributed by atoms with E-state index in [1.807, 2.05) is 24.4 Å². The summed E-state index contributed by atoms with van der Waals surface area (Å²) in [6.07, 6.45) is 1.49. The van der Waals surface area contributed by atoms with Gasteiger partial charge in [-0.2, -0.15) is 4.31 Å². The fraction of sp³-hybridized carbons (Fsp3) is 0.308. The van der Waals surface area contributed by atoms with Crippen molar-refractivity contribution in [1.82, 2.24) is 9.29 Å². The molecular weight excluding hydrogens is 294 g/mol. The van der Waals surface area contributed by atoms with Crippen LogP contribution in [0.15, 0.2) is 40.7 Å². The summed E-state index contributed by atoms with van der Waals surface area (Å²) in [5.41, 5.74) is 0. The van der Waals surface area contributed by atoms with Gasteiger partial charge in [-0.25, -0.2) is 13.4 Å². The van der Waals surface area contributed by atoms with Crippen LogP contribution < -0.4 is 5.32 Å². The van der Waals surface area contributed by atoms with Crippen LogP contribution in [0, 0.1) is 0 Å². The predicted octanol–water partition coefficient (Wildman–Crippen LogP) is 2.57. The van der Waals surface area contributed by atoms with Crippen LogP contribution in [0.2, 0.25) is 0 Å². The zero-order chi connectivity index (χ0) is 14.8. The fourth-order valence-corrected chi connectivity index (χ4v) is 4.04. The van der Waals surface area contributed by atoms with Gasteiger partial charge in [0.15, 0.2) is 0 Å². The van der Waals surface area contributed by atoms with E-state index in [2.05, 4.69) is 10.3 Å². The summed E-state index contributed by atoms with van der Waals surface area (Å²) in [7, 11) is -0.235. The first-order valence-corrected chi connectivity index (χ1v) is 8.44. The molecule has 2 heterocycles. The number of aromatic nitrogens is 1. The molecular formula is C13H17N3O2S2. The second-order valence-corrected chi connectivity index (χ2v) is 7.32. The van der Waals surface area contributed by atoms with Crippen LogP contribution in [-0.2, 0) is 10.0 Å². The summed E-state index contributed by atoms with van der Waals surface area (Å²) in [5.74, 6) is 0.531. The minimum atomic E-state index is -3.54. The number of sulfonamides is 1. The third kappa shape index (κ3) is 2.84. The van der Waals surface area contributed by atoms with E-state index < -0.39 is 10.0 Å².